The van der Waals surface area contributed by atoms with Crippen molar-refractivity contribution in [2.45, 2.75) is 31.3 Å². The van der Waals surface area contributed by atoms with E-state index in [4.69, 9.17) is 11.6 Å². The molecule has 3 N–H and O–H groups in total. The van der Waals surface area contributed by atoms with E-state index >= 15 is 0 Å². The van der Waals surface area contributed by atoms with Gasteiger partial charge < -0.3 is 20.6 Å². The summed E-state index contributed by atoms with van der Waals surface area (Å²) in [5.41, 5.74) is 1.50. The molecule has 154 valence electrons. The zero-order valence-electron chi connectivity index (χ0n) is 15.8. The van der Waals surface area contributed by atoms with Crippen molar-refractivity contribution in [2.24, 2.45) is 0 Å². The first-order chi connectivity index (χ1) is 13.8. The lowest BCUT2D eigenvalue weighted by molar-refractivity contribution is -0.116. The Labute approximate surface area is 172 Å². The predicted octanol–water partition coefficient (Wildman–Crippen LogP) is 3.95. The van der Waals surface area contributed by atoms with Crippen LogP contribution in [0.2, 0.25) is 5.02 Å². The first kappa shape index (κ1) is 19.9. The normalized spacial score (nSPS) is 18.2. The molecule has 0 unspecified atom stereocenters. The Balaban J connectivity index is 1.41. The molecule has 2 aliphatic rings. The highest BCUT2D eigenvalue weighted by Gasteiger charge is 2.33. The molecule has 0 atom stereocenters. The Kier molecular flexibility index (Phi) is 5.36. The number of hydrogen-bond donors (Lipinski definition) is 3. The molecule has 0 aromatic heterocycles. The number of hydrogen-bond acceptors (Lipinski definition) is 4. The van der Waals surface area contributed by atoms with E-state index in [1.807, 2.05) is 4.90 Å². The lowest BCUT2D eigenvalue weighted by Gasteiger charge is -2.40. The summed E-state index contributed by atoms with van der Waals surface area (Å²) >= 11 is 6.15. The van der Waals surface area contributed by atoms with Crippen LogP contribution >= 0.6 is 11.6 Å². The van der Waals surface area contributed by atoms with Crippen LogP contribution in [0.4, 0.5) is 25.8 Å². The molecule has 1 amide bonds. The highest BCUT2D eigenvalue weighted by Crippen LogP contribution is 2.34. The third-order valence-corrected chi connectivity index (χ3v) is 5.98. The molecule has 2 heterocycles. The maximum atomic E-state index is 14.0. The van der Waals surface area contributed by atoms with Crippen molar-refractivity contribution in [3.63, 3.8) is 0 Å². The number of piperidine rings is 1. The lowest BCUT2D eigenvalue weighted by atomic mass is 9.90. The van der Waals surface area contributed by atoms with Gasteiger partial charge in [-0.25, -0.2) is 8.78 Å². The van der Waals surface area contributed by atoms with Crippen LogP contribution in [0.15, 0.2) is 30.3 Å². The van der Waals surface area contributed by atoms with Gasteiger partial charge in [-0.05, 0) is 49.6 Å². The zero-order valence-corrected chi connectivity index (χ0v) is 16.5. The first-order valence-corrected chi connectivity index (χ1v) is 10.00. The van der Waals surface area contributed by atoms with Gasteiger partial charge in [-0.2, -0.15) is 0 Å². The van der Waals surface area contributed by atoms with Crippen LogP contribution < -0.4 is 15.5 Å². The number of nitrogens with one attached hydrogen (secondary N) is 2. The van der Waals surface area contributed by atoms with E-state index in [1.54, 1.807) is 12.1 Å². The number of rotatable bonds is 4. The molecule has 2 aliphatic heterocycles. The van der Waals surface area contributed by atoms with E-state index in [2.05, 4.69) is 10.6 Å². The smallest absolute Gasteiger partial charge is 0.224 e. The van der Waals surface area contributed by atoms with E-state index in [-0.39, 0.29) is 17.4 Å². The first-order valence-electron chi connectivity index (χ1n) is 9.62. The maximum Gasteiger partial charge on any atom is 0.224 e. The molecular weight excluding hydrogens is 400 g/mol. The lowest BCUT2D eigenvalue weighted by Crippen LogP contribution is -2.48. The molecule has 5 nitrogen and oxygen atoms in total. The van der Waals surface area contributed by atoms with Gasteiger partial charge in [0.05, 0.1) is 22.0 Å². The summed E-state index contributed by atoms with van der Waals surface area (Å²) < 4.78 is 27.3. The third-order valence-electron chi connectivity index (χ3n) is 5.68. The SMILES string of the molecule is O=C1CCc2c(NCC3(O)CCN(c4ccc(F)cc4Cl)CC3)ccc(F)c2N1. The molecular formula is C21H22ClF2N3O2. The standard InChI is InChI=1S/C21H22ClF2N3O2/c22-15-11-13(23)1-5-18(15)27-9-7-21(29,8-10-27)12-25-17-4-3-16(24)20-14(17)2-6-19(28)26-20/h1,3-5,11,25,29H,2,6-10,12H2,(H,26,28). The predicted molar refractivity (Wildman–Crippen MR) is 110 cm³/mol. The Morgan fingerprint density at radius 1 is 1.17 bits per heavy atom. The van der Waals surface area contributed by atoms with E-state index in [9.17, 15) is 18.7 Å². The second-order valence-electron chi connectivity index (χ2n) is 7.66. The summed E-state index contributed by atoms with van der Waals surface area (Å²) in [5.74, 6) is -1.03. The molecule has 29 heavy (non-hydrogen) atoms. The van der Waals surface area contributed by atoms with Gasteiger partial charge in [0.25, 0.3) is 0 Å². The van der Waals surface area contributed by atoms with Gasteiger partial charge >= 0.3 is 0 Å². The molecule has 2 aromatic rings. The van der Waals surface area contributed by atoms with Gasteiger partial charge in [0.15, 0.2) is 0 Å². The average molecular weight is 422 g/mol. The summed E-state index contributed by atoms with van der Waals surface area (Å²) in [7, 11) is 0. The zero-order chi connectivity index (χ0) is 20.6. The number of anilines is 3. The van der Waals surface area contributed by atoms with E-state index < -0.39 is 11.4 Å². The molecule has 4 rings (SSSR count). The van der Waals surface area contributed by atoms with Crippen LogP contribution in [-0.2, 0) is 11.2 Å². The molecule has 0 saturated carbocycles. The van der Waals surface area contributed by atoms with Crippen molar-refractivity contribution >= 4 is 34.6 Å². The Morgan fingerprint density at radius 3 is 2.66 bits per heavy atom. The van der Waals surface area contributed by atoms with Crippen molar-refractivity contribution in [2.75, 3.05) is 35.2 Å². The second-order valence-corrected chi connectivity index (χ2v) is 8.06. The van der Waals surface area contributed by atoms with Crippen LogP contribution in [0.5, 0.6) is 0 Å². The van der Waals surface area contributed by atoms with E-state index in [1.165, 1.54) is 18.2 Å². The van der Waals surface area contributed by atoms with Crippen molar-refractivity contribution in [1.29, 1.82) is 0 Å². The Bertz CT molecular complexity index is 946. The van der Waals surface area contributed by atoms with E-state index in [0.29, 0.717) is 50.3 Å². The molecule has 0 spiro atoms. The monoisotopic (exact) mass is 421 g/mol. The minimum absolute atomic E-state index is 0.195. The number of aliphatic hydroxyl groups is 1. The summed E-state index contributed by atoms with van der Waals surface area (Å²) in [4.78, 5) is 13.6. The summed E-state index contributed by atoms with van der Waals surface area (Å²) in [6, 6.07) is 7.27. The number of amides is 1. The minimum Gasteiger partial charge on any atom is -0.388 e. The maximum absolute atomic E-state index is 14.0. The number of carbonyl (C=O) groups excluding carboxylic acids is 1. The van der Waals surface area contributed by atoms with Gasteiger partial charge in [0.2, 0.25) is 5.91 Å². The van der Waals surface area contributed by atoms with E-state index in [0.717, 1.165) is 16.9 Å². The summed E-state index contributed by atoms with van der Waals surface area (Å²) in [6.45, 7) is 1.48. The quantitative estimate of drug-likeness (QED) is 0.699. The molecule has 0 bridgehead atoms. The minimum atomic E-state index is -0.928. The number of carbonyl (C=O) groups is 1. The van der Waals surface area contributed by atoms with Gasteiger partial charge in [0.1, 0.15) is 11.6 Å². The molecule has 8 heteroatoms. The fourth-order valence-corrected chi connectivity index (χ4v) is 4.24. The number of nitrogens with zero attached hydrogens (tertiary/aromatic N) is 1. The van der Waals surface area contributed by atoms with Gasteiger partial charge in [-0.15, -0.1) is 0 Å². The molecule has 1 saturated heterocycles. The number of fused-ring (bicyclic) bond motifs is 1. The van der Waals surface area contributed by atoms with Crippen LogP contribution in [0, 0.1) is 11.6 Å². The largest absolute Gasteiger partial charge is 0.388 e. The second kappa shape index (κ2) is 7.80. The molecule has 1 fully saturated rings. The van der Waals surface area contributed by atoms with Gasteiger partial charge in [-0.1, -0.05) is 11.6 Å². The van der Waals surface area contributed by atoms with Crippen LogP contribution in [-0.4, -0.2) is 36.2 Å². The van der Waals surface area contributed by atoms with Crippen LogP contribution in [0.25, 0.3) is 0 Å². The Hall–Kier alpha value is -2.38. The molecule has 2 aromatic carbocycles. The van der Waals surface area contributed by atoms with Crippen molar-refractivity contribution in [1.82, 2.24) is 0 Å². The molecule has 0 aliphatic carbocycles. The summed E-state index contributed by atoms with van der Waals surface area (Å²) in [5, 5.41) is 17.2. The van der Waals surface area contributed by atoms with Crippen molar-refractivity contribution in [3.8, 4) is 0 Å². The highest BCUT2D eigenvalue weighted by atomic mass is 35.5. The summed E-state index contributed by atoms with van der Waals surface area (Å²) in [6.07, 6.45) is 1.78. The highest BCUT2D eigenvalue weighted by molar-refractivity contribution is 6.33. The van der Waals surface area contributed by atoms with Gasteiger partial charge in [0, 0.05) is 37.3 Å². The number of benzene rings is 2. The van der Waals surface area contributed by atoms with Gasteiger partial charge in [-0.3, -0.25) is 4.79 Å². The fraction of sp³-hybridized carbons (Fsp3) is 0.381. The average Bonchev–Trinajstić information content (AvgIpc) is 2.69. The number of halogens is 3. The van der Waals surface area contributed by atoms with Crippen LogP contribution in [0.3, 0.4) is 0 Å². The molecule has 0 radical (unpaired) electrons. The Morgan fingerprint density at radius 2 is 1.93 bits per heavy atom. The topological polar surface area (TPSA) is 64.6 Å². The van der Waals surface area contributed by atoms with Crippen molar-refractivity contribution < 1.29 is 18.7 Å². The fourth-order valence-electron chi connectivity index (χ4n) is 3.96. The van der Waals surface area contributed by atoms with Crippen LogP contribution in [0.1, 0.15) is 24.8 Å². The third kappa shape index (κ3) is 4.16. The van der Waals surface area contributed by atoms with Crippen molar-refractivity contribution in [3.05, 3.63) is 52.6 Å².